The first kappa shape index (κ1) is 10.5. The van der Waals surface area contributed by atoms with Crippen molar-refractivity contribution in [3.05, 3.63) is 47.0 Å². The van der Waals surface area contributed by atoms with Gasteiger partial charge in [0.05, 0.1) is 24.4 Å². The van der Waals surface area contributed by atoms with Gasteiger partial charge in [-0.25, -0.2) is 4.98 Å². The maximum absolute atomic E-state index is 8.76. The number of halogens is 1. The van der Waals surface area contributed by atoms with Gasteiger partial charge in [-0.05, 0) is 24.3 Å². The SMILES string of the molecule is N#Cc1cc(Cl)nc(NCc2ccco2)c1. The number of pyridine rings is 1. The Morgan fingerprint density at radius 2 is 2.38 bits per heavy atom. The molecule has 5 heteroatoms. The van der Waals surface area contributed by atoms with Gasteiger partial charge in [-0.1, -0.05) is 11.6 Å². The van der Waals surface area contributed by atoms with Crippen molar-refractivity contribution in [1.29, 1.82) is 5.26 Å². The molecule has 80 valence electrons. The van der Waals surface area contributed by atoms with Gasteiger partial charge >= 0.3 is 0 Å². The summed E-state index contributed by atoms with van der Waals surface area (Å²) in [6.45, 7) is 0.505. The molecule has 0 saturated heterocycles. The number of furan rings is 1. The summed E-state index contributed by atoms with van der Waals surface area (Å²) < 4.78 is 5.15. The Bertz CT molecular complexity index is 517. The maximum Gasteiger partial charge on any atom is 0.132 e. The average Bonchev–Trinajstić information content (AvgIpc) is 2.78. The molecule has 1 N–H and O–H groups in total. The van der Waals surface area contributed by atoms with E-state index in [0.29, 0.717) is 23.1 Å². The van der Waals surface area contributed by atoms with Crippen LogP contribution in [0.2, 0.25) is 5.15 Å². The van der Waals surface area contributed by atoms with Crippen molar-refractivity contribution in [2.75, 3.05) is 5.32 Å². The van der Waals surface area contributed by atoms with Crippen molar-refractivity contribution >= 4 is 17.4 Å². The number of nitrogens with one attached hydrogen (secondary N) is 1. The highest BCUT2D eigenvalue weighted by molar-refractivity contribution is 6.29. The van der Waals surface area contributed by atoms with E-state index in [1.165, 1.54) is 6.07 Å². The van der Waals surface area contributed by atoms with E-state index in [2.05, 4.69) is 10.3 Å². The van der Waals surface area contributed by atoms with E-state index in [-0.39, 0.29) is 0 Å². The Labute approximate surface area is 97.5 Å². The molecule has 16 heavy (non-hydrogen) atoms. The highest BCUT2D eigenvalue weighted by Crippen LogP contribution is 2.14. The van der Waals surface area contributed by atoms with Gasteiger partial charge in [0.25, 0.3) is 0 Å². The van der Waals surface area contributed by atoms with Crippen LogP contribution in [0.15, 0.2) is 34.9 Å². The largest absolute Gasteiger partial charge is 0.467 e. The third-order valence-corrected chi connectivity index (χ3v) is 2.14. The Morgan fingerprint density at radius 3 is 3.06 bits per heavy atom. The van der Waals surface area contributed by atoms with Gasteiger partial charge in [-0.15, -0.1) is 0 Å². The number of aromatic nitrogens is 1. The standard InChI is InChI=1S/C11H8ClN3O/c12-10-4-8(6-13)5-11(15-10)14-7-9-2-1-3-16-9/h1-5H,7H2,(H,14,15). The molecule has 0 aliphatic rings. The van der Waals surface area contributed by atoms with Gasteiger partial charge in [0.1, 0.15) is 16.7 Å². The van der Waals surface area contributed by atoms with Crippen molar-refractivity contribution in [1.82, 2.24) is 4.98 Å². The highest BCUT2D eigenvalue weighted by Gasteiger charge is 2.01. The van der Waals surface area contributed by atoms with Gasteiger partial charge in [-0.3, -0.25) is 0 Å². The first-order valence-corrected chi connectivity index (χ1v) is 4.99. The second-order valence-electron chi connectivity index (χ2n) is 3.11. The maximum atomic E-state index is 8.76. The molecule has 2 aromatic heterocycles. The molecular formula is C11H8ClN3O. The van der Waals surface area contributed by atoms with Crippen LogP contribution in [0.4, 0.5) is 5.82 Å². The number of hydrogen-bond donors (Lipinski definition) is 1. The summed E-state index contributed by atoms with van der Waals surface area (Å²) in [6, 6.07) is 8.82. The lowest BCUT2D eigenvalue weighted by Gasteiger charge is -2.04. The smallest absolute Gasteiger partial charge is 0.132 e. The monoisotopic (exact) mass is 233 g/mol. The number of nitriles is 1. The summed E-state index contributed by atoms with van der Waals surface area (Å²) in [6.07, 6.45) is 1.60. The quantitative estimate of drug-likeness (QED) is 0.828. The fourth-order valence-electron chi connectivity index (χ4n) is 1.24. The molecule has 0 bridgehead atoms. The van der Waals surface area contributed by atoms with Crippen LogP contribution in [-0.4, -0.2) is 4.98 Å². The molecule has 2 rings (SSSR count). The van der Waals surface area contributed by atoms with Gasteiger partial charge in [0.15, 0.2) is 0 Å². The molecule has 0 aliphatic heterocycles. The lowest BCUT2D eigenvalue weighted by Crippen LogP contribution is -2.00. The van der Waals surface area contributed by atoms with E-state index >= 15 is 0 Å². The molecule has 0 aliphatic carbocycles. The van der Waals surface area contributed by atoms with Crippen molar-refractivity contribution in [3.8, 4) is 6.07 Å². The van der Waals surface area contributed by atoms with Crippen molar-refractivity contribution in [2.24, 2.45) is 0 Å². The van der Waals surface area contributed by atoms with Crippen LogP contribution in [0.3, 0.4) is 0 Å². The molecule has 0 atom stereocenters. The molecular weight excluding hydrogens is 226 g/mol. The second-order valence-corrected chi connectivity index (χ2v) is 3.50. The van der Waals surface area contributed by atoms with E-state index in [0.717, 1.165) is 5.76 Å². The van der Waals surface area contributed by atoms with Crippen LogP contribution < -0.4 is 5.32 Å². The lowest BCUT2D eigenvalue weighted by atomic mass is 10.3. The van der Waals surface area contributed by atoms with E-state index in [9.17, 15) is 0 Å². The summed E-state index contributed by atoms with van der Waals surface area (Å²) >= 11 is 5.76. The molecule has 0 radical (unpaired) electrons. The van der Waals surface area contributed by atoms with Crippen LogP contribution >= 0.6 is 11.6 Å². The first-order valence-electron chi connectivity index (χ1n) is 4.62. The summed E-state index contributed by atoms with van der Waals surface area (Å²) in [5.74, 6) is 1.35. The number of anilines is 1. The molecule has 4 nitrogen and oxygen atoms in total. The minimum atomic E-state index is 0.293. The minimum absolute atomic E-state index is 0.293. The zero-order chi connectivity index (χ0) is 11.4. The lowest BCUT2D eigenvalue weighted by molar-refractivity contribution is 0.518. The Balaban J connectivity index is 2.10. The fourth-order valence-corrected chi connectivity index (χ4v) is 1.45. The number of nitrogens with zero attached hydrogens (tertiary/aromatic N) is 2. The highest BCUT2D eigenvalue weighted by atomic mass is 35.5. The van der Waals surface area contributed by atoms with Gasteiger partial charge in [-0.2, -0.15) is 5.26 Å². The summed E-state index contributed by atoms with van der Waals surface area (Å²) in [4.78, 5) is 4.04. The number of rotatable bonds is 3. The van der Waals surface area contributed by atoms with E-state index in [1.54, 1.807) is 12.3 Å². The topological polar surface area (TPSA) is 61.9 Å². The first-order chi connectivity index (χ1) is 7.78. The van der Waals surface area contributed by atoms with Crippen molar-refractivity contribution < 1.29 is 4.42 Å². The summed E-state index contributed by atoms with van der Waals surface area (Å²) in [5, 5.41) is 12.1. The molecule has 0 fully saturated rings. The van der Waals surface area contributed by atoms with Crippen LogP contribution in [0, 0.1) is 11.3 Å². The van der Waals surface area contributed by atoms with E-state index < -0.39 is 0 Å². The molecule has 0 aromatic carbocycles. The minimum Gasteiger partial charge on any atom is -0.467 e. The Kier molecular flexibility index (Phi) is 3.08. The number of hydrogen-bond acceptors (Lipinski definition) is 4. The van der Waals surface area contributed by atoms with E-state index in [1.807, 2.05) is 18.2 Å². The average molecular weight is 234 g/mol. The third kappa shape index (κ3) is 2.53. The summed E-state index contributed by atoms with van der Waals surface area (Å²) in [7, 11) is 0. The molecule has 0 saturated carbocycles. The normalized spacial score (nSPS) is 9.75. The van der Waals surface area contributed by atoms with Crippen molar-refractivity contribution in [2.45, 2.75) is 6.54 Å². The molecule has 0 spiro atoms. The van der Waals surface area contributed by atoms with E-state index in [4.69, 9.17) is 21.3 Å². The predicted molar refractivity (Wildman–Crippen MR) is 60.0 cm³/mol. The van der Waals surface area contributed by atoms with Gasteiger partial charge in [0.2, 0.25) is 0 Å². The molecule has 2 heterocycles. The zero-order valence-electron chi connectivity index (χ0n) is 8.27. The third-order valence-electron chi connectivity index (χ3n) is 1.95. The zero-order valence-corrected chi connectivity index (χ0v) is 9.03. The van der Waals surface area contributed by atoms with Crippen LogP contribution in [-0.2, 0) is 6.54 Å². The second kappa shape index (κ2) is 4.69. The molecule has 0 unspecified atom stereocenters. The molecule has 0 amide bonds. The van der Waals surface area contributed by atoms with Gasteiger partial charge < -0.3 is 9.73 Å². The van der Waals surface area contributed by atoms with Crippen LogP contribution in [0.1, 0.15) is 11.3 Å². The van der Waals surface area contributed by atoms with Crippen LogP contribution in [0.5, 0.6) is 0 Å². The summed E-state index contributed by atoms with van der Waals surface area (Å²) in [5.41, 5.74) is 0.474. The van der Waals surface area contributed by atoms with Crippen LogP contribution in [0.25, 0.3) is 0 Å². The Morgan fingerprint density at radius 1 is 1.50 bits per heavy atom. The Hall–Kier alpha value is -1.99. The van der Waals surface area contributed by atoms with Gasteiger partial charge in [0, 0.05) is 0 Å². The van der Waals surface area contributed by atoms with Crippen molar-refractivity contribution in [3.63, 3.8) is 0 Å². The molecule has 2 aromatic rings. The predicted octanol–water partition coefficient (Wildman–Crippen LogP) is 2.81. The fraction of sp³-hybridized carbons (Fsp3) is 0.0909.